The molecule has 15 heavy (non-hydrogen) atoms. The summed E-state index contributed by atoms with van der Waals surface area (Å²) in [5.41, 5.74) is 0.0196. The first-order valence-electron chi connectivity index (χ1n) is 4.20. The van der Waals surface area contributed by atoms with Gasteiger partial charge < -0.3 is 4.74 Å². The van der Waals surface area contributed by atoms with E-state index in [-0.39, 0.29) is 12.2 Å². The number of hydrogen-bond acceptors (Lipinski definition) is 4. The van der Waals surface area contributed by atoms with E-state index in [2.05, 4.69) is 15.9 Å². The quantitative estimate of drug-likeness (QED) is 0.487. The monoisotopic (exact) mass is 285 g/mol. The Labute approximate surface area is 100 Å². The Morgan fingerprint density at radius 2 is 2.53 bits per heavy atom. The summed E-state index contributed by atoms with van der Waals surface area (Å²) in [5.74, 6) is -0.579. The van der Waals surface area contributed by atoms with E-state index in [9.17, 15) is 4.79 Å². The van der Waals surface area contributed by atoms with Gasteiger partial charge >= 0.3 is 5.97 Å². The molecule has 0 amide bonds. The molecular formula is C10H8BrNO2S. The Morgan fingerprint density at radius 1 is 1.80 bits per heavy atom. The van der Waals surface area contributed by atoms with Crippen LogP contribution in [0.1, 0.15) is 11.8 Å². The largest absolute Gasteiger partial charge is 0.462 e. The van der Waals surface area contributed by atoms with E-state index in [1.54, 1.807) is 6.92 Å². The van der Waals surface area contributed by atoms with Crippen LogP contribution in [0.5, 0.6) is 0 Å². The number of thiophene rings is 1. The zero-order chi connectivity index (χ0) is 11.3. The van der Waals surface area contributed by atoms with Crippen molar-refractivity contribution in [1.29, 1.82) is 5.26 Å². The van der Waals surface area contributed by atoms with Gasteiger partial charge in [0.25, 0.3) is 0 Å². The van der Waals surface area contributed by atoms with Crippen LogP contribution in [0.4, 0.5) is 0 Å². The van der Waals surface area contributed by atoms with E-state index < -0.39 is 5.97 Å². The zero-order valence-electron chi connectivity index (χ0n) is 7.99. The normalized spacial score (nSPS) is 10.9. The number of carbonyl (C=O) groups is 1. The summed E-state index contributed by atoms with van der Waals surface area (Å²) in [4.78, 5) is 12.1. The van der Waals surface area contributed by atoms with Crippen molar-refractivity contribution in [2.75, 3.05) is 6.61 Å². The van der Waals surface area contributed by atoms with Crippen molar-refractivity contribution >= 4 is 39.3 Å². The fraction of sp³-hybridized carbons (Fsp3) is 0.200. The van der Waals surface area contributed by atoms with Crippen molar-refractivity contribution in [3.05, 3.63) is 26.4 Å². The second kappa shape index (κ2) is 5.69. The third-order valence-electron chi connectivity index (χ3n) is 1.49. The maximum atomic E-state index is 11.3. The van der Waals surface area contributed by atoms with Crippen molar-refractivity contribution in [2.24, 2.45) is 0 Å². The SMILES string of the molecule is CCOC(=O)/C(C#N)=C/c1cc(Br)cs1. The van der Waals surface area contributed by atoms with Gasteiger partial charge in [-0.2, -0.15) is 5.26 Å². The molecule has 0 aliphatic rings. The minimum absolute atomic E-state index is 0.0196. The van der Waals surface area contributed by atoms with Crippen molar-refractivity contribution in [1.82, 2.24) is 0 Å². The smallest absolute Gasteiger partial charge is 0.348 e. The van der Waals surface area contributed by atoms with Crippen LogP contribution in [0, 0.1) is 11.3 Å². The molecular weight excluding hydrogens is 278 g/mol. The summed E-state index contributed by atoms with van der Waals surface area (Å²) in [6.07, 6.45) is 1.52. The summed E-state index contributed by atoms with van der Waals surface area (Å²) >= 11 is 4.74. The zero-order valence-corrected chi connectivity index (χ0v) is 10.4. The molecule has 0 N–H and O–H groups in total. The topological polar surface area (TPSA) is 50.1 Å². The van der Waals surface area contributed by atoms with Gasteiger partial charge in [-0.15, -0.1) is 11.3 Å². The summed E-state index contributed by atoms with van der Waals surface area (Å²) in [6.45, 7) is 1.97. The Balaban J connectivity index is 2.88. The van der Waals surface area contributed by atoms with E-state index >= 15 is 0 Å². The number of esters is 1. The Bertz CT molecular complexity index is 431. The first-order chi connectivity index (χ1) is 7.17. The van der Waals surface area contributed by atoms with Crippen molar-refractivity contribution < 1.29 is 9.53 Å². The molecule has 1 heterocycles. The number of ether oxygens (including phenoxy) is 1. The third-order valence-corrected chi connectivity index (χ3v) is 3.13. The number of halogens is 1. The lowest BCUT2D eigenvalue weighted by atomic mass is 10.2. The van der Waals surface area contributed by atoms with Crippen LogP contribution in [0.25, 0.3) is 6.08 Å². The van der Waals surface area contributed by atoms with E-state index in [4.69, 9.17) is 10.00 Å². The fourth-order valence-corrected chi connectivity index (χ4v) is 2.27. The van der Waals surface area contributed by atoms with Gasteiger partial charge in [0.05, 0.1) is 6.61 Å². The third kappa shape index (κ3) is 3.50. The molecule has 0 fully saturated rings. The van der Waals surface area contributed by atoms with E-state index in [1.807, 2.05) is 17.5 Å². The number of nitriles is 1. The van der Waals surface area contributed by atoms with Crippen molar-refractivity contribution in [2.45, 2.75) is 6.92 Å². The van der Waals surface area contributed by atoms with Gasteiger partial charge in [0, 0.05) is 14.7 Å². The van der Waals surface area contributed by atoms with Crippen molar-refractivity contribution in [3.8, 4) is 6.07 Å². The molecule has 0 radical (unpaired) electrons. The molecule has 0 aliphatic carbocycles. The van der Waals surface area contributed by atoms with Gasteiger partial charge in [0.2, 0.25) is 0 Å². The molecule has 1 aromatic rings. The van der Waals surface area contributed by atoms with Crippen LogP contribution >= 0.6 is 27.3 Å². The second-order valence-corrected chi connectivity index (χ2v) is 4.42. The standard InChI is InChI=1S/C10H8BrNO2S/c1-2-14-10(13)7(5-12)3-9-4-8(11)6-15-9/h3-4,6H,2H2,1H3/b7-3+. The highest BCUT2D eigenvalue weighted by Crippen LogP contribution is 2.22. The fourth-order valence-electron chi connectivity index (χ4n) is 0.892. The lowest BCUT2D eigenvalue weighted by Gasteiger charge is -1.97. The molecule has 0 unspecified atom stereocenters. The van der Waals surface area contributed by atoms with Crippen LogP contribution in [0.2, 0.25) is 0 Å². The summed E-state index contributed by atoms with van der Waals surface area (Å²) in [6, 6.07) is 3.66. The minimum Gasteiger partial charge on any atom is -0.462 e. The average Bonchev–Trinajstić information content (AvgIpc) is 2.61. The summed E-state index contributed by atoms with van der Waals surface area (Å²) in [5, 5.41) is 10.6. The van der Waals surface area contributed by atoms with Gasteiger partial charge in [-0.25, -0.2) is 4.79 Å². The van der Waals surface area contributed by atoms with Gasteiger partial charge in [-0.3, -0.25) is 0 Å². The summed E-state index contributed by atoms with van der Waals surface area (Å²) in [7, 11) is 0. The maximum Gasteiger partial charge on any atom is 0.348 e. The second-order valence-electron chi connectivity index (χ2n) is 2.56. The molecule has 1 aromatic heterocycles. The summed E-state index contributed by atoms with van der Waals surface area (Å²) < 4.78 is 5.67. The molecule has 0 saturated carbocycles. The maximum absolute atomic E-state index is 11.3. The van der Waals surface area contributed by atoms with E-state index in [0.717, 1.165) is 9.35 Å². The van der Waals surface area contributed by atoms with Crippen LogP contribution in [0.3, 0.4) is 0 Å². The Hall–Kier alpha value is -1.12. The molecule has 5 heteroatoms. The van der Waals surface area contributed by atoms with E-state index in [1.165, 1.54) is 17.4 Å². The van der Waals surface area contributed by atoms with Crippen LogP contribution in [-0.4, -0.2) is 12.6 Å². The highest BCUT2D eigenvalue weighted by Gasteiger charge is 2.09. The van der Waals surface area contributed by atoms with Crippen LogP contribution in [0.15, 0.2) is 21.5 Å². The number of hydrogen-bond donors (Lipinski definition) is 0. The molecule has 78 valence electrons. The predicted molar refractivity (Wildman–Crippen MR) is 62.2 cm³/mol. The van der Waals surface area contributed by atoms with Gasteiger partial charge in [0.1, 0.15) is 11.6 Å². The van der Waals surface area contributed by atoms with Crippen molar-refractivity contribution in [3.63, 3.8) is 0 Å². The average molecular weight is 286 g/mol. The Morgan fingerprint density at radius 3 is 3.00 bits per heavy atom. The number of carbonyl (C=O) groups excluding carboxylic acids is 1. The molecule has 0 bridgehead atoms. The molecule has 0 atom stereocenters. The predicted octanol–water partition coefficient (Wildman–Crippen LogP) is 2.98. The van der Waals surface area contributed by atoms with Crippen LogP contribution in [-0.2, 0) is 9.53 Å². The van der Waals surface area contributed by atoms with Gasteiger partial charge in [-0.05, 0) is 35.0 Å². The molecule has 0 saturated heterocycles. The minimum atomic E-state index is -0.579. The van der Waals surface area contributed by atoms with Gasteiger partial charge in [-0.1, -0.05) is 0 Å². The molecule has 3 nitrogen and oxygen atoms in total. The molecule has 0 aliphatic heterocycles. The molecule has 0 aromatic carbocycles. The van der Waals surface area contributed by atoms with Crippen LogP contribution < -0.4 is 0 Å². The number of nitrogens with zero attached hydrogens (tertiary/aromatic N) is 1. The molecule has 1 rings (SSSR count). The van der Waals surface area contributed by atoms with Gasteiger partial charge in [0.15, 0.2) is 0 Å². The highest BCUT2D eigenvalue weighted by molar-refractivity contribution is 9.10. The lowest BCUT2D eigenvalue weighted by Crippen LogP contribution is -2.05. The first kappa shape index (κ1) is 12.0. The Kier molecular flexibility index (Phi) is 4.53. The molecule has 0 spiro atoms. The first-order valence-corrected chi connectivity index (χ1v) is 5.87. The highest BCUT2D eigenvalue weighted by atomic mass is 79.9. The van der Waals surface area contributed by atoms with E-state index in [0.29, 0.717) is 0 Å². The number of rotatable bonds is 3. The lowest BCUT2D eigenvalue weighted by molar-refractivity contribution is -0.137.